The SMILES string of the molecule is CC/C=C\CCC(C)C(=O)O.CC/C=C\CCOC(=O)CC. The van der Waals surface area contributed by atoms with E-state index in [-0.39, 0.29) is 11.9 Å². The van der Waals surface area contributed by atoms with Crippen molar-refractivity contribution in [3.8, 4) is 0 Å². The van der Waals surface area contributed by atoms with Gasteiger partial charge in [-0.1, -0.05) is 52.0 Å². The molecule has 0 aromatic heterocycles. The molecule has 0 spiro atoms. The minimum Gasteiger partial charge on any atom is -0.481 e. The van der Waals surface area contributed by atoms with Crippen LogP contribution in [0.3, 0.4) is 0 Å². The first kappa shape index (κ1) is 22.7. The van der Waals surface area contributed by atoms with Gasteiger partial charge >= 0.3 is 11.9 Å². The number of hydrogen-bond acceptors (Lipinski definition) is 3. The second-order valence-corrected chi connectivity index (χ2v) is 4.94. The van der Waals surface area contributed by atoms with E-state index >= 15 is 0 Å². The van der Waals surface area contributed by atoms with Crippen molar-refractivity contribution in [2.24, 2.45) is 5.92 Å². The highest BCUT2D eigenvalue weighted by molar-refractivity contribution is 5.69. The van der Waals surface area contributed by atoms with Crippen LogP contribution in [0, 0.1) is 5.92 Å². The van der Waals surface area contributed by atoms with Crippen LogP contribution in [0.4, 0.5) is 0 Å². The lowest BCUT2D eigenvalue weighted by Crippen LogP contribution is -2.08. The van der Waals surface area contributed by atoms with E-state index in [1.54, 1.807) is 13.8 Å². The molecule has 4 nitrogen and oxygen atoms in total. The molecule has 1 N–H and O–H groups in total. The maximum atomic E-state index is 10.6. The van der Waals surface area contributed by atoms with E-state index in [1.807, 2.05) is 12.2 Å². The van der Waals surface area contributed by atoms with Crippen LogP contribution in [0.1, 0.15) is 66.2 Å². The van der Waals surface area contributed by atoms with Crippen molar-refractivity contribution in [3.63, 3.8) is 0 Å². The van der Waals surface area contributed by atoms with E-state index in [0.29, 0.717) is 13.0 Å². The van der Waals surface area contributed by atoms with Gasteiger partial charge in [0.05, 0.1) is 12.5 Å². The van der Waals surface area contributed by atoms with Crippen LogP contribution < -0.4 is 0 Å². The molecule has 0 aliphatic rings. The normalized spacial score (nSPS) is 12.0. The van der Waals surface area contributed by atoms with Gasteiger partial charge in [-0.3, -0.25) is 9.59 Å². The second-order valence-electron chi connectivity index (χ2n) is 4.94. The van der Waals surface area contributed by atoms with Gasteiger partial charge in [0.1, 0.15) is 0 Å². The van der Waals surface area contributed by atoms with Gasteiger partial charge in [0.25, 0.3) is 0 Å². The Bertz CT molecular complexity index is 330. The van der Waals surface area contributed by atoms with E-state index in [0.717, 1.165) is 32.1 Å². The third-order valence-corrected chi connectivity index (χ3v) is 2.83. The van der Waals surface area contributed by atoms with Crippen LogP contribution in [0.5, 0.6) is 0 Å². The molecule has 1 atom stereocenters. The van der Waals surface area contributed by atoms with Crippen LogP contribution >= 0.6 is 0 Å². The molecule has 0 radical (unpaired) electrons. The zero-order chi connectivity index (χ0) is 17.2. The molecule has 0 amide bonds. The first-order valence-corrected chi connectivity index (χ1v) is 8.17. The van der Waals surface area contributed by atoms with Crippen LogP contribution in [0.15, 0.2) is 24.3 Å². The Balaban J connectivity index is 0. The molecule has 0 saturated heterocycles. The average Bonchev–Trinajstić information content (AvgIpc) is 2.51. The average molecular weight is 312 g/mol. The summed E-state index contributed by atoms with van der Waals surface area (Å²) in [7, 11) is 0. The Kier molecular flexibility index (Phi) is 18.0. The Morgan fingerprint density at radius 2 is 1.55 bits per heavy atom. The molecule has 0 aliphatic heterocycles. The number of carboxylic acid groups (broad SMARTS) is 1. The first-order chi connectivity index (χ1) is 10.5. The molecule has 4 heteroatoms. The maximum Gasteiger partial charge on any atom is 0.306 e. The Labute approximate surface area is 135 Å². The van der Waals surface area contributed by atoms with Gasteiger partial charge in [0, 0.05) is 6.42 Å². The van der Waals surface area contributed by atoms with E-state index in [9.17, 15) is 9.59 Å². The molecule has 0 aliphatic carbocycles. The lowest BCUT2D eigenvalue weighted by atomic mass is 10.1. The van der Waals surface area contributed by atoms with Crippen LogP contribution in [0.2, 0.25) is 0 Å². The van der Waals surface area contributed by atoms with E-state index in [1.165, 1.54) is 0 Å². The molecule has 0 fully saturated rings. The predicted octanol–water partition coefficient (Wildman–Crippen LogP) is 4.75. The van der Waals surface area contributed by atoms with Crippen molar-refractivity contribution < 1.29 is 19.4 Å². The Morgan fingerprint density at radius 1 is 1.00 bits per heavy atom. The van der Waals surface area contributed by atoms with Gasteiger partial charge in [-0.15, -0.1) is 0 Å². The van der Waals surface area contributed by atoms with E-state index in [4.69, 9.17) is 9.84 Å². The number of esters is 1. The van der Waals surface area contributed by atoms with Crippen LogP contribution in [0.25, 0.3) is 0 Å². The number of carboxylic acids is 1. The van der Waals surface area contributed by atoms with Gasteiger partial charge in [-0.25, -0.2) is 0 Å². The van der Waals surface area contributed by atoms with Gasteiger partial charge in [-0.2, -0.15) is 0 Å². The zero-order valence-corrected chi connectivity index (χ0v) is 14.5. The maximum absolute atomic E-state index is 10.6. The molecule has 0 bridgehead atoms. The summed E-state index contributed by atoms with van der Waals surface area (Å²) in [5.41, 5.74) is 0. The number of hydrogen-bond donors (Lipinski definition) is 1. The summed E-state index contributed by atoms with van der Waals surface area (Å²) in [5, 5.41) is 8.51. The fraction of sp³-hybridized carbons (Fsp3) is 0.667. The third-order valence-electron chi connectivity index (χ3n) is 2.83. The van der Waals surface area contributed by atoms with Gasteiger partial charge < -0.3 is 9.84 Å². The van der Waals surface area contributed by atoms with Crippen molar-refractivity contribution in [3.05, 3.63) is 24.3 Å². The van der Waals surface area contributed by atoms with Gasteiger partial charge in [0.2, 0.25) is 0 Å². The predicted molar refractivity (Wildman–Crippen MR) is 90.8 cm³/mol. The van der Waals surface area contributed by atoms with Crippen molar-refractivity contribution in [2.75, 3.05) is 6.61 Å². The summed E-state index contributed by atoms with van der Waals surface area (Å²) in [6, 6.07) is 0. The molecule has 0 saturated carbocycles. The van der Waals surface area contributed by atoms with Crippen molar-refractivity contribution >= 4 is 11.9 Å². The van der Waals surface area contributed by atoms with Crippen molar-refractivity contribution in [1.82, 2.24) is 0 Å². The number of carbonyl (C=O) groups excluding carboxylic acids is 1. The number of aliphatic carboxylic acids is 1. The fourth-order valence-electron chi connectivity index (χ4n) is 1.38. The number of allylic oxidation sites excluding steroid dienone is 3. The minimum atomic E-state index is -0.699. The highest BCUT2D eigenvalue weighted by Gasteiger charge is 2.08. The quantitative estimate of drug-likeness (QED) is 0.359. The summed E-state index contributed by atoms with van der Waals surface area (Å²) >= 11 is 0. The lowest BCUT2D eigenvalue weighted by molar-refractivity contribution is -0.143. The molecular formula is C18H32O4. The summed E-state index contributed by atoms with van der Waals surface area (Å²) < 4.78 is 4.85. The van der Waals surface area contributed by atoms with Gasteiger partial charge in [-0.05, 0) is 32.1 Å². The monoisotopic (exact) mass is 312 g/mol. The van der Waals surface area contributed by atoms with E-state index < -0.39 is 5.97 Å². The standard InChI is InChI=1S/2C9H16O2/c1-3-4-5-6-7-8(2)9(10)11;1-3-5-6-7-8-11-9(10)4-2/h4-5,8H,3,6-7H2,1-2H3,(H,10,11);5-6H,3-4,7-8H2,1-2H3/b5-4-;6-5-. The van der Waals surface area contributed by atoms with Crippen LogP contribution in [-0.2, 0) is 14.3 Å². The minimum absolute atomic E-state index is 0.116. The summed E-state index contributed by atoms with van der Waals surface area (Å²) in [5.74, 6) is -1.03. The molecule has 0 aromatic rings. The highest BCUT2D eigenvalue weighted by atomic mass is 16.5. The molecule has 128 valence electrons. The number of carbonyl (C=O) groups is 2. The highest BCUT2D eigenvalue weighted by Crippen LogP contribution is 2.05. The molecule has 1 unspecified atom stereocenters. The second kappa shape index (κ2) is 17.5. The lowest BCUT2D eigenvalue weighted by Gasteiger charge is -2.01. The third kappa shape index (κ3) is 18.4. The Morgan fingerprint density at radius 3 is 2.00 bits per heavy atom. The molecule has 0 heterocycles. The topological polar surface area (TPSA) is 63.6 Å². The summed E-state index contributed by atoms with van der Waals surface area (Å²) in [6.07, 6.45) is 13.2. The van der Waals surface area contributed by atoms with Crippen molar-refractivity contribution in [2.45, 2.75) is 66.2 Å². The largest absolute Gasteiger partial charge is 0.481 e. The van der Waals surface area contributed by atoms with E-state index in [2.05, 4.69) is 26.0 Å². The number of rotatable bonds is 10. The molecular weight excluding hydrogens is 280 g/mol. The molecule has 0 rings (SSSR count). The smallest absolute Gasteiger partial charge is 0.306 e. The summed E-state index contributed by atoms with van der Waals surface area (Å²) in [6.45, 7) is 8.20. The fourth-order valence-corrected chi connectivity index (χ4v) is 1.38. The molecule has 0 aromatic carbocycles. The first-order valence-electron chi connectivity index (χ1n) is 8.17. The molecule has 22 heavy (non-hydrogen) atoms. The zero-order valence-electron chi connectivity index (χ0n) is 14.5. The van der Waals surface area contributed by atoms with Crippen molar-refractivity contribution in [1.29, 1.82) is 0 Å². The Hall–Kier alpha value is -1.58. The van der Waals surface area contributed by atoms with Crippen LogP contribution in [-0.4, -0.2) is 23.7 Å². The summed E-state index contributed by atoms with van der Waals surface area (Å²) in [4.78, 5) is 20.9. The van der Waals surface area contributed by atoms with Gasteiger partial charge in [0.15, 0.2) is 0 Å². The number of ether oxygens (including phenoxy) is 1.